The smallest absolute Gasteiger partial charge is 0.407 e. The van der Waals surface area contributed by atoms with Gasteiger partial charge in [-0.3, -0.25) is 0 Å². The fraction of sp³-hybridized carbons (Fsp3) is 0.600. The fourth-order valence-corrected chi connectivity index (χ4v) is 8.70. The van der Waals surface area contributed by atoms with Gasteiger partial charge in [0.25, 0.3) is 0 Å². The molecule has 0 spiro atoms. The van der Waals surface area contributed by atoms with Gasteiger partial charge in [0.05, 0.1) is 18.7 Å². The number of anilines is 1. The Labute approximate surface area is 256 Å². The summed E-state index contributed by atoms with van der Waals surface area (Å²) in [4.78, 5) is 20.1. The van der Waals surface area contributed by atoms with Crippen LogP contribution in [-0.2, 0) is 10.2 Å². The van der Waals surface area contributed by atoms with Crippen LogP contribution in [0.1, 0.15) is 56.1 Å². The van der Waals surface area contributed by atoms with Crippen molar-refractivity contribution in [3.05, 3.63) is 65.5 Å². The number of halogens is 1. The summed E-state index contributed by atoms with van der Waals surface area (Å²) in [6, 6.07) is 17.6. The number of alkyl carbamates (subject to hydrolysis) is 1. The number of amides is 1. The molecule has 4 fully saturated rings. The monoisotopic (exact) mass is 587 g/mol. The third-order valence-corrected chi connectivity index (χ3v) is 10.9. The molecule has 230 valence electrons. The average Bonchev–Trinajstić information content (AvgIpc) is 3.67. The number of piperidine rings is 1. The highest BCUT2D eigenvalue weighted by atomic mass is 19.1. The minimum Gasteiger partial charge on any atom is -0.453 e. The number of nitrogens with one attached hydrogen (secondary N) is 1. The van der Waals surface area contributed by atoms with Gasteiger partial charge in [-0.05, 0) is 124 Å². The molecule has 4 atom stereocenters. The molecule has 6 rings (SSSR count). The standard InChI is InChI=1S/C35H46FN5O2/c1-43-34(42)38-33-8-3-7-32(33)35(25-40-16-4-17-40,29-5-2-6-30(36)21-29)28-14-18-39(19-15-28)23-27-13-20-41(24-27)31-11-9-26(22-37)10-12-31/h2,5-6,9-12,21,27-28,32-33H,3-4,7-8,13-20,23-25H2,1H3,(H,38,42)/t27-,32-,33-,35?/m0/s1. The van der Waals surface area contributed by atoms with Gasteiger partial charge in [0.2, 0.25) is 0 Å². The normalized spacial score (nSPS) is 26.4. The van der Waals surface area contributed by atoms with E-state index in [0.717, 1.165) is 90.0 Å². The van der Waals surface area contributed by atoms with E-state index in [4.69, 9.17) is 10.00 Å². The first-order chi connectivity index (χ1) is 21.0. The Morgan fingerprint density at radius 3 is 2.47 bits per heavy atom. The Hall–Kier alpha value is -3.15. The summed E-state index contributed by atoms with van der Waals surface area (Å²) in [6.45, 7) is 8.43. The summed E-state index contributed by atoms with van der Waals surface area (Å²) in [6.07, 6.45) is 7.23. The first kappa shape index (κ1) is 29.9. The molecule has 3 heterocycles. The Kier molecular flexibility index (Phi) is 9.20. The molecule has 1 aliphatic carbocycles. The maximum absolute atomic E-state index is 14.9. The lowest BCUT2D eigenvalue weighted by Crippen LogP contribution is -2.59. The summed E-state index contributed by atoms with van der Waals surface area (Å²) < 4.78 is 19.9. The average molecular weight is 588 g/mol. The molecule has 0 radical (unpaired) electrons. The van der Waals surface area contributed by atoms with Crippen LogP contribution in [0, 0.1) is 34.9 Å². The number of methoxy groups -OCH3 is 1. The van der Waals surface area contributed by atoms with Crippen LogP contribution in [0.2, 0.25) is 0 Å². The highest BCUT2D eigenvalue weighted by molar-refractivity contribution is 5.67. The highest BCUT2D eigenvalue weighted by Gasteiger charge is 2.53. The Balaban J connectivity index is 1.19. The molecular weight excluding hydrogens is 541 g/mol. The SMILES string of the molecule is COC(=O)N[C@H]1CCC[C@@H]1C(CN1CCC1)(c1cccc(F)c1)C1CCN(C[C@@H]2CCN(c3ccc(C#N)cc3)C2)CC1. The second-order valence-corrected chi connectivity index (χ2v) is 13.3. The van der Waals surface area contributed by atoms with Gasteiger partial charge < -0.3 is 24.8 Å². The minimum absolute atomic E-state index is 0.0294. The van der Waals surface area contributed by atoms with Crippen molar-refractivity contribution < 1.29 is 13.9 Å². The third-order valence-electron chi connectivity index (χ3n) is 10.9. The molecule has 0 bridgehead atoms. The van der Waals surface area contributed by atoms with Crippen LogP contribution < -0.4 is 10.2 Å². The summed E-state index contributed by atoms with van der Waals surface area (Å²) in [7, 11) is 1.43. The molecule has 43 heavy (non-hydrogen) atoms. The number of rotatable bonds is 9. The van der Waals surface area contributed by atoms with Gasteiger partial charge in [-0.2, -0.15) is 5.26 Å². The number of hydrogen-bond acceptors (Lipinski definition) is 6. The van der Waals surface area contributed by atoms with Crippen molar-refractivity contribution in [2.45, 2.75) is 56.4 Å². The zero-order valence-corrected chi connectivity index (χ0v) is 25.5. The summed E-state index contributed by atoms with van der Waals surface area (Å²) >= 11 is 0. The van der Waals surface area contributed by atoms with Gasteiger partial charge in [0.15, 0.2) is 0 Å². The van der Waals surface area contributed by atoms with Crippen molar-refractivity contribution >= 4 is 11.8 Å². The maximum Gasteiger partial charge on any atom is 0.407 e. The van der Waals surface area contributed by atoms with Crippen LogP contribution in [0.3, 0.4) is 0 Å². The van der Waals surface area contributed by atoms with Gasteiger partial charge in [0.1, 0.15) is 5.82 Å². The van der Waals surface area contributed by atoms with Crippen molar-refractivity contribution in [1.82, 2.24) is 15.1 Å². The van der Waals surface area contributed by atoms with Crippen LogP contribution in [-0.4, -0.2) is 81.4 Å². The second-order valence-electron chi connectivity index (χ2n) is 13.3. The Morgan fingerprint density at radius 1 is 1.00 bits per heavy atom. The number of carbonyl (C=O) groups excluding carboxylic acids is 1. The van der Waals surface area contributed by atoms with Crippen LogP contribution in [0.15, 0.2) is 48.5 Å². The molecule has 2 aromatic carbocycles. The maximum atomic E-state index is 14.9. The van der Waals surface area contributed by atoms with Crippen LogP contribution in [0.4, 0.5) is 14.9 Å². The summed E-state index contributed by atoms with van der Waals surface area (Å²) in [5.41, 5.74) is 2.79. The van der Waals surface area contributed by atoms with E-state index in [1.807, 2.05) is 18.2 Å². The van der Waals surface area contributed by atoms with Gasteiger partial charge >= 0.3 is 6.09 Å². The van der Waals surface area contributed by atoms with E-state index < -0.39 is 0 Å². The number of nitrogens with zero attached hydrogens (tertiary/aromatic N) is 4. The van der Waals surface area contributed by atoms with Gasteiger partial charge in [0, 0.05) is 43.3 Å². The molecule has 4 aliphatic rings. The number of nitriles is 1. The zero-order chi connectivity index (χ0) is 29.8. The van der Waals surface area contributed by atoms with Crippen molar-refractivity contribution in [2.75, 3.05) is 64.4 Å². The summed E-state index contributed by atoms with van der Waals surface area (Å²) in [5, 5.41) is 12.3. The molecule has 1 saturated carbocycles. The first-order valence-electron chi connectivity index (χ1n) is 16.3. The molecular formula is C35H46FN5O2. The topological polar surface area (TPSA) is 71.8 Å². The number of likely N-dealkylation sites (tertiary alicyclic amines) is 2. The molecule has 3 saturated heterocycles. The highest BCUT2D eigenvalue weighted by Crippen LogP contribution is 2.51. The van der Waals surface area contributed by atoms with Crippen LogP contribution >= 0.6 is 0 Å². The van der Waals surface area contributed by atoms with E-state index in [0.29, 0.717) is 17.4 Å². The van der Waals surface area contributed by atoms with Crippen molar-refractivity contribution in [1.29, 1.82) is 5.26 Å². The van der Waals surface area contributed by atoms with E-state index in [9.17, 15) is 9.18 Å². The van der Waals surface area contributed by atoms with E-state index in [1.165, 1.54) is 25.6 Å². The molecule has 2 aromatic rings. The second kappa shape index (κ2) is 13.2. The van der Waals surface area contributed by atoms with Crippen molar-refractivity contribution in [2.24, 2.45) is 17.8 Å². The van der Waals surface area contributed by atoms with E-state index >= 15 is 0 Å². The van der Waals surface area contributed by atoms with Crippen LogP contribution in [0.5, 0.6) is 0 Å². The zero-order valence-electron chi connectivity index (χ0n) is 25.5. The molecule has 0 aromatic heterocycles. The number of benzene rings is 2. The molecule has 8 heteroatoms. The number of hydrogen-bond donors (Lipinski definition) is 1. The molecule has 1 unspecified atom stereocenters. The number of ether oxygens (including phenoxy) is 1. The lowest BCUT2D eigenvalue weighted by molar-refractivity contribution is 0.0235. The predicted molar refractivity (Wildman–Crippen MR) is 166 cm³/mol. The van der Waals surface area contributed by atoms with Crippen molar-refractivity contribution in [3.8, 4) is 6.07 Å². The molecule has 1 N–H and O–H groups in total. The Morgan fingerprint density at radius 2 is 1.79 bits per heavy atom. The lowest BCUT2D eigenvalue weighted by atomic mass is 9.57. The van der Waals surface area contributed by atoms with Gasteiger partial charge in [-0.1, -0.05) is 18.6 Å². The fourth-order valence-electron chi connectivity index (χ4n) is 8.70. The largest absolute Gasteiger partial charge is 0.453 e. The van der Waals surface area contributed by atoms with Crippen molar-refractivity contribution in [3.63, 3.8) is 0 Å². The quantitative estimate of drug-likeness (QED) is 0.424. The molecule has 1 amide bonds. The first-order valence-corrected chi connectivity index (χ1v) is 16.3. The summed E-state index contributed by atoms with van der Waals surface area (Å²) in [5.74, 6) is 1.10. The Bertz CT molecular complexity index is 1290. The van der Waals surface area contributed by atoms with Gasteiger partial charge in [-0.15, -0.1) is 0 Å². The lowest BCUT2D eigenvalue weighted by Gasteiger charge is -2.53. The van der Waals surface area contributed by atoms with E-state index in [1.54, 1.807) is 12.1 Å². The van der Waals surface area contributed by atoms with Crippen LogP contribution in [0.25, 0.3) is 0 Å². The predicted octanol–water partition coefficient (Wildman–Crippen LogP) is 5.40. The van der Waals surface area contributed by atoms with E-state index in [2.05, 4.69) is 44.3 Å². The molecule has 7 nitrogen and oxygen atoms in total. The molecule has 3 aliphatic heterocycles. The van der Waals surface area contributed by atoms with Gasteiger partial charge in [-0.25, -0.2) is 9.18 Å². The number of carbonyl (C=O) groups is 1. The minimum atomic E-state index is -0.365. The third kappa shape index (κ3) is 6.39. The van der Waals surface area contributed by atoms with E-state index in [-0.39, 0.29) is 29.3 Å².